The molecular weight excluding hydrogens is 228 g/mol. The van der Waals surface area contributed by atoms with E-state index < -0.39 is 23.4 Å². The van der Waals surface area contributed by atoms with Gasteiger partial charge in [0.1, 0.15) is 0 Å². The minimum absolute atomic E-state index is 0.175. The van der Waals surface area contributed by atoms with Crippen LogP contribution in [-0.4, -0.2) is 16.0 Å². The Morgan fingerprint density at radius 2 is 2.35 bits per heavy atom. The number of hydrogen-bond donors (Lipinski definition) is 1. The normalized spacial score (nSPS) is 11.3. The van der Waals surface area contributed by atoms with Crippen molar-refractivity contribution in [3.8, 4) is 0 Å². The fourth-order valence-electron chi connectivity index (χ4n) is 1.30. The zero-order chi connectivity index (χ0) is 12.8. The molecule has 88 valence electrons. The number of nitro benzene ring substituents is 1. The SMILES string of the molecule is [N-]=[N+]=NC(CC(=O)O)c1cccc([N+](=O)[O-])c1. The van der Waals surface area contributed by atoms with Crippen LogP contribution in [-0.2, 0) is 4.79 Å². The van der Waals surface area contributed by atoms with Crippen LogP contribution in [0.3, 0.4) is 0 Å². The Morgan fingerprint density at radius 1 is 1.65 bits per heavy atom. The van der Waals surface area contributed by atoms with Crippen molar-refractivity contribution in [3.05, 3.63) is 50.4 Å². The van der Waals surface area contributed by atoms with Crippen LogP contribution in [0.25, 0.3) is 10.4 Å². The summed E-state index contributed by atoms with van der Waals surface area (Å²) in [6.45, 7) is 0. The van der Waals surface area contributed by atoms with Gasteiger partial charge < -0.3 is 5.11 Å². The second kappa shape index (κ2) is 5.47. The first-order valence-electron chi connectivity index (χ1n) is 4.55. The molecule has 0 bridgehead atoms. The number of hydrogen-bond acceptors (Lipinski definition) is 4. The zero-order valence-electron chi connectivity index (χ0n) is 8.55. The van der Waals surface area contributed by atoms with E-state index in [-0.39, 0.29) is 5.69 Å². The van der Waals surface area contributed by atoms with E-state index in [9.17, 15) is 14.9 Å². The number of carboxylic acid groups (broad SMARTS) is 1. The lowest BCUT2D eigenvalue weighted by Crippen LogP contribution is -2.04. The third kappa shape index (κ3) is 3.47. The van der Waals surface area contributed by atoms with E-state index in [4.69, 9.17) is 10.6 Å². The van der Waals surface area contributed by atoms with Gasteiger partial charge in [-0.2, -0.15) is 0 Å². The molecule has 0 aliphatic carbocycles. The highest BCUT2D eigenvalue weighted by atomic mass is 16.6. The highest BCUT2D eigenvalue weighted by Gasteiger charge is 2.16. The molecule has 1 unspecified atom stereocenters. The van der Waals surface area contributed by atoms with Crippen molar-refractivity contribution in [1.29, 1.82) is 0 Å². The number of azide groups is 1. The molecule has 0 saturated carbocycles. The van der Waals surface area contributed by atoms with Gasteiger partial charge in [-0.15, -0.1) is 0 Å². The fourth-order valence-corrected chi connectivity index (χ4v) is 1.30. The zero-order valence-corrected chi connectivity index (χ0v) is 8.55. The molecule has 8 heteroatoms. The number of carboxylic acids is 1. The number of nitrogens with zero attached hydrogens (tertiary/aromatic N) is 4. The molecule has 0 radical (unpaired) electrons. The average molecular weight is 236 g/mol. The van der Waals surface area contributed by atoms with E-state index in [1.807, 2.05) is 0 Å². The first-order valence-corrected chi connectivity index (χ1v) is 4.55. The molecule has 0 amide bonds. The largest absolute Gasteiger partial charge is 0.481 e. The predicted octanol–water partition coefficient (Wildman–Crippen LogP) is 2.42. The second-order valence-corrected chi connectivity index (χ2v) is 3.17. The minimum Gasteiger partial charge on any atom is -0.481 e. The third-order valence-corrected chi connectivity index (χ3v) is 2.02. The Morgan fingerprint density at radius 3 is 2.88 bits per heavy atom. The monoisotopic (exact) mass is 236 g/mol. The maximum Gasteiger partial charge on any atom is 0.304 e. The molecule has 0 spiro atoms. The summed E-state index contributed by atoms with van der Waals surface area (Å²) in [6, 6.07) is 4.42. The van der Waals surface area contributed by atoms with E-state index in [0.717, 1.165) is 0 Å². The van der Waals surface area contributed by atoms with Gasteiger partial charge in [0.2, 0.25) is 0 Å². The maximum atomic E-state index is 10.6. The minimum atomic E-state index is -1.14. The number of non-ortho nitro benzene ring substituents is 1. The topological polar surface area (TPSA) is 129 Å². The molecule has 0 aromatic heterocycles. The smallest absolute Gasteiger partial charge is 0.304 e. The Labute approximate surface area is 95.3 Å². The summed E-state index contributed by atoms with van der Waals surface area (Å²) in [5.41, 5.74) is 8.45. The molecule has 0 fully saturated rings. The lowest BCUT2D eigenvalue weighted by Gasteiger charge is -2.07. The van der Waals surface area contributed by atoms with Gasteiger partial charge in [-0.3, -0.25) is 14.9 Å². The summed E-state index contributed by atoms with van der Waals surface area (Å²) in [5, 5.41) is 22.5. The number of nitro groups is 1. The lowest BCUT2D eigenvalue weighted by molar-refractivity contribution is -0.384. The highest BCUT2D eigenvalue weighted by molar-refractivity contribution is 5.68. The Kier molecular flexibility index (Phi) is 4.02. The first kappa shape index (κ1) is 12.5. The molecule has 0 heterocycles. The van der Waals surface area contributed by atoms with Crippen LogP contribution in [0.2, 0.25) is 0 Å². The van der Waals surface area contributed by atoms with Crippen LogP contribution in [0.15, 0.2) is 29.4 Å². The first-order chi connectivity index (χ1) is 8.04. The van der Waals surface area contributed by atoms with E-state index >= 15 is 0 Å². The van der Waals surface area contributed by atoms with Crippen molar-refractivity contribution in [2.24, 2.45) is 5.11 Å². The average Bonchev–Trinajstić information content (AvgIpc) is 2.28. The van der Waals surface area contributed by atoms with Crippen LogP contribution in [0.5, 0.6) is 0 Å². The van der Waals surface area contributed by atoms with E-state index in [0.29, 0.717) is 5.56 Å². The lowest BCUT2D eigenvalue weighted by atomic mass is 10.0. The molecule has 1 aromatic rings. The van der Waals surface area contributed by atoms with Gasteiger partial charge >= 0.3 is 5.97 Å². The van der Waals surface area contributed by atoms with Gasteiger partial charge in [0.05, 0.1) is 17.4 Å². The molecule has 0 aliphatic heterocycles. The second-order valence-electron chi connectivity index (χ2n) is 3.17. The predicted molar refractivity (Wildman–Crippen MR) is 57.2 cm³/mol. The van der Waals surface area contributed by atoms with Gasteiger partial charge in [0.25, 0.3) is 5.69 Å². The number of rotatable bonds is 5. The summed E-state index contributed by atoms with van der Waals surface area (Å²) >= 11 is 0. The van der Waals surface area contributed by atoms with Crippen molar-refractivity contribution in [2.75, 3.05) is 0 Å². The molecule has 1 aromatic carbocycles. The summed E-state index contributed by atoms with van der Waals surface area (Å²) < 4.78 is 0. The molecule has 1 atom stereocenters. The van der Waals surface area contributed by atoms with E-state index in [1.54, 1.807) is 0 Å². The fraction of sp³-hybridized carbons (Fsp3) is 0.222. The third-order valence-electron chi connectivity index (χ3n) is 2.02. The van der Waals surface area contributed by atoms with Crippen LogP contribution >= 0.6 is 0 Å². The van der Waals surface area contributed by atoms with E-state index in [2.05, 4.69) is 10.0 Å². The number of aliphatic carboxylic acids is 1. The van der Waals surface area contributed by atoms with Crippen molar-refractivity contribution in [2.45, 2.75) is 12.5 Å². The summed E-state index contributed by atoms with van der Waals surface area (Å²) in [7, 11) is 0. The Bertz CT molecular complexity index is 496. The highest BCUT2D eigenvalue weighted by Crippen LogP contribution is 2.25. The standard InChI is InChI=1S/C9H8N4O4/c10-12-11-8(5-9(14)15)6-2-1-3-7(4-6)13(16)17/h1-4,8H,5H2,(H,14,15). The maximum absolute atomic E-state index is 10.6. The molecule has 8 nitrogen and oxygen atoms in total. The summed E-state index contributed by atoms with van der Waals surface area (Å²) in [5.74, 6) is -1.14. The Hall–Kier alpha value is -2.60. The van der Waals surface area contributed by atoms with Gasteiger partial charge in [-0.05, 0) is 11.1 Å². The number of benzene rings is 1. The van der Waals surface area contributed by atoms with Crippen LogP contribution in [0, 0.1) is 10.1 Å². The van der Waals surface area contributed by atoms with Gasteiger partial charge in [-0.1, -0.05) is 17.2 Å². The van der Waals surface area contributed by atoms with Crippen molar-refractivity contribution < 1.29 is 14.8 Å². The molecule has 0 aliphatic rings. The molecule has 0 saturated heterocycles. The van der Waals surface area contributed by atoms with Gasteiger partial charge in [0.15, 0.2) is 0 Å². The molecular formula is C9H8N4O4. The number of carbonyl (C=O) groups is 1. The van der Waals surface area contributed by atoms with Crippen molar-refractivity contribution in [1.82, 2.24) is 0 Å². The summed E-state index contributed by atoms with van der Waals surface area (Å²) in [4.78, 5) is 23.0. The molecule has 1 rings (SSSR count). The van der Waals surface area contributed by atoms with Crippen molar-refractivity contribution in [3.63, 3.8) is 0 Å². The molecule has 1 N–H and O–H groups in total. The molecule has 17 heavy (non-hydrogen) atoms. The van der Waals surface area contributed by atoms with Crippen molar-refractivity contribution >= 4 is 11.7 Å². The van der Waals surface area contributed by atoms with E-state index in [1.165, 1.54) is 24.3 Å². The van der Waals surface area contributed by atoms with Crippen LogP contribution in [0.1, 0.15) is 18.0 Å². The van der Waals surface area contributed by atoms with Gasteiger partial charge in [0, 0.05) is 17.0 Å². The van der Waals surface area contributed by atoms with Gasteiger partial charge in [-0.25, -0.2) is 0 Å². The Balaban J connectivity index is 3.09. The summed E-state index contributed by atoms with van der Waals surface area (Å²) in [6.07, 6.45) is -0.411. The quantitative estimate of drug-likeness (QED) is 0.276. The van der Waals surface area contributed by atoms with Crippen LogP contribution < -0.4 is 0 Å². The van der Waals surface area contributed by atoms with Crippen LogP contribution in [0.4, 0.5) is 5.69 Å².